The zero-order valence-electron chi connectivity index (χ0n) is 13.3. The van der Waals surface area contributed by atoms with Gasteiger partial charge in [-0.2, -0.15) is 0 Å². The highest BCUT2D eigenvalue weighted by atomic mass is 16.5. The van der Waals surface area contributed by atoms with Crippen LogP contribution in [0.1, 0.15) is 31.7 Å². The molecule has 22 heavy (non-hydrogen) atoms. The molecule has 1 aromatic carbocycles. The van der Waals surface area contributed by atoms with Gasteiger partial charge in [0.25, 0.3) is 0 Å². The number of nitrogens with zero attached hydrogens (tertiary/aromatic N) is 1. The average molecular weight is 304 g/mol. The van der Waals surface area contributed by atoms with Crippen LogP contribution in [0.5, 0.6) is 5.75 Å². The minimum Gasteiger partial charge on any atom is -0.496 e. The van der Waals surface area contributed by atoms with Crippen LogP contribution in [-0.2, 0) is 16.0 Å². The van der Waals surface area contributed by atoms with Crippen LogP contribution in [0.3, 0.4) is 0 Å². The number of amides is 2. The van der Waals surface area contributed by atoms with Gasteiger partial charge in [0.05, 0.1) is 7.11 Å². The third-order valence-electron chi connectivity index (χ3n) is 3.84. The molecule has 0 saturated heterocycles. The summed E-state index contributed by atoms with van der Waals surface area (Å²) >= 11 is 0. The summed E-state index contributed by atoms with van der Waals surface area (Å²) in [5.74, 6) is 0.859. The number of ether oxygens (including phenoxy) is 1. The van der Waals surface area contributed by atoms with E-state index in [1.807, 2.05) is 24.3 Å². The smallest absolute Gasteiger partial charge is 0.221 e. The Morgan fingerprint density at radius 2 is 2.00 bits per heavy atom. The Balaban J connectivity index is 1.82. The quantitative estimate of drug-likeness (QED) is 0.796. The summed E-state index contributed by atoms with van der Waals surface area (Å²) < 4.78 is 5.32. The third kappa shape index (κ3) is 5.06. The molecule has 2 rings (SSSR count). The van der Waals surface area contributed by atoms with E-state index in [4.69, 9.17) is 4.74 Å². The van der Waals surface area contributed by atoms with Gasteiger partial charge in [-0.05, 0) is 30.9 Å². The number of rotatable bonds is 8. The topological polar surface area (TPSA) is 58.6 Å². The van der Waals surface area contributed by atoms with Gasteiger partial charge in [0, 0.05) is 32.5 Å². The molecule has 1 aliphatic carbocycles. The molecule has 0 aliphatic heterocycles. The summed E-state index contributed by atoms with van der Waals surface area (Å²) in [4.78, 5) is 25.2. The molecule has 1 aromatic rings. The Morgan fingerprint density at radius 1 is 1.27 bits per heavy atom. The zero-order valence-corrected chi connectivity index (χ0v) is 13.3. The van der Waals surface area contributed by atoms with Gasteiger partial charge >= 0.3 is 0 Å². The highest BCUT2D eigenvalue weighted by Gasteiger charge is 2.23. The third-order valence-corrected chi connectivity index (χ3v) is 3.84. The minimum atomic E-state index is -0.00544. The van der Waals surface area contributed by atoms with E-state index in [9.17, 15) is 9.59 Å². The van der Waals surface area contributed by atoms with Crippen molar-refractivity contribution in [2.45, 2.75) is 38.6 Å². The monoisotopic (exact) mass is 304 g/mol. The Hall–Kier alpha value is -2.04. The molecule has 1 aliphatic rings. The molecule has 0 bridgehead atoms. The predicted molar refractivity (Wildman–Crippen MR) is 84.7 cm³/mol. The number of nitrogens with one attached hydrogen (secondary N) is 1. The number of carbonyl (C=O) groups is 2. The second kappa shape index (κ2) is 7.82. The number of hydrogen-bond acceptors (Lipinski definition) is 3. The lowest BCUT2D eigenvalue weighted by Crippen LogP contribution is -2.35. The van der Waals surface area contributed by atoms with Crippen molar-refractivity contribution in [1.29, 1.82) is 0 Å². The predicted octanol–water partition coefficient (Wildman–Crippen LogP) is 1.75. The molecule has 120 valence electrons. The van der Waals surface area contributed by atoms with Crippen molar-refractivity contribution in [3.63, 3.8) is 0 Å². The number of carbonyl (C=O) groups excluding carboxylic acids is 2. The Morgan fingerprint density at radius 3 is 2.64 bits per heavy atom. The Labute approximate surface area is 131 Å². The molecule has 0 spiro atoms. The van der Waals surface area contributed by atoms with Gasteiger partial charge < -0.3 is 15.0 Å². The SMILES string of the molecule is COc1ccccc1CCN(CCC(=O)NC1CC1)C(C)=O. The van der Waals surface area contributed by atoms with Crippen molar-refractivity contribution in [1.82, 2.24) is 10.2 Å². The lowest BCUT2D eigenvalue weighted by atomic mass is 10.1. The van der Waals surface area contributed by atoms with Gasteiger partial charge in [0.2, 0.25) is 11.8 Å². The fourth-order valence-electron chi connectivity index (χ4n) is 2.36. The molecule has 0 radical (unpaired) electrons. The van der Waals surface area contributed by atoms with Crippen molar-refractivity contribution in [2.75, 3.05) is 20.2 Å². The molecular formula is C17H24N2O3. The van der Waals surface area contributed by atoms with E-state index in [1.165, 1.54) is 0 Å². The number of para-hydroxylation sites is 1. The van der Waals surface area contributed by atoms with E-state index in [0.29, 0.717) is 32.0 Å². The van der Waals surface area contributed by atoms with Crippen LogP contribution in [0.15, 0.2) is 24.3 Å². The van der Waals surface area contributed by atoms with E-state index < -0.39 is 0 Å². The van der Waals surface area contributed by atoms with Crippen LogP contribution in [0.2, 0.25) is 0 Å². The highest BCUT2D eigenvalue weighted by molar-refractivity contribution is 5.78. The van der Waals surface area contributed by atoms with Crippen molar-refractivity contribution >= 4 is 11.8 Å². The van der Waals surface area contributed by atoms with Gasteiger partial charge in [-0.3, -0.25) is 9.59 Å². The number of methoxy groups -OCH3 is 1. The van der Waals surface area contributed by atoms with E-state index in [-0.39, 0.29) is 11.8 Å². The summed E-state index contributed by atoms with van der Waals surface area (Å²) in [5, 5.41) is 2.94. The first-order valence-electron chi connectivity index (χ1n) is 7.77. The molecule has 0 heterocycles. The first-order chi connectivity index (χ1) is 10.6. The molecule has 2 amide bonds. The summed E-state index contributed by atoms with van der Waals surface area (Å²) in [6, 6.07) is 8.16. The lowest BCUT2D eigenvalue weighted by molar-refractivity contribution is -0.129. The minimum absolute atomic E-state index is 0.00544. The molecule has 1 N–H and O–H groups in total. The molecular weight excluding hydrogens is 280 g/mol. The second-order valence-corrected chi connectivity index (χ2v) is 5.66. The lowest BCUT2D eigenvalue weighted by Gasteiger charge is -2.21. The number of benzene rings is 1. The highest BCUT2D eigenvalue weighted by Crippen LogP contribution is 2.19. The normalized spacial score (nSPS) is 13.5. The van der Waals surface area contributed by atoms with Crippen molar-refractivity contribution in [3.05, 3.63) is 29.8 Å². The molecule has 0 aromatic heterocycles. The van der Waals surface area contributed by atoms with Crippen LogP contribution >= 0.6 is 0 Å². The van der Waals surface area contributed by atoms with Gasteiger partial charge in [0.15, 0.2) is 0 Å². The largest absolute Gasteiger partial charge is 0.496 e. The van der Waals surface area contributed by atoms with Gasteiger partial charge in [-0.1, -0.05) is 18.2 Å². The van der Waals surface area contributed by atoms with Crippen molar-refractivity contribution in [2.24, 2.45) is 0 Å². The van der Waals surface area contributed by atoms with E-state index in [2.05, 4.69) is 5.32 Å². The second-order valence-electron chi connectivity index (χ2n) is 5.66. The standard InChI is InChI=1S/C17H24N2O3/c1-13(20)19(12-10-17(21)18-15-7-8-15)11-9-14-5-3-4-6-16(14)22-2/h3-6,15H,7-12H2,1-2H3,(H,18,21). The Kier molecular flexibility index (Phi) is 5.81. The van der Waals surface area contributed by atoms with Crippen LogP contribution in [0, 0.1) is 0 Å². The summed E-state index contributed by atoms with van der Waals surface area (Å²) in [6.07, 6.45) is 3.24. The maximum Gasteiger partial charge on any atom is 0.221 e. The maximum absolute atomic E-state index is 11.7. The Bertz CT molecular complexity index is 526. The average Bonchev–Trinajstić information content (AvgIpc) is 3.31. The van der Waals surface area contributed by atoms with E-state index in [1.54, 1.807) is 18.9 Å². The number of hydrogen-bond donors (Lipinski definition) is 1. The molecule has 5 nitrogen and oxygen atoms in total. The van der Waals surface area contributed by atoms with E-state index in [0.717, 1.165) is 24.2 Å². The first kappa shape index (κ1) is 16.3. The summed E-state index contributed by atoms with van der Waals surface area (Å²) in [7, 11) is 1.64. The van der Waals surface area contributed by atoms with Crippen molar-refractivity contribution in [3.8, 4) is 5.75 Å². The fraction of sp³-hybridized carbons (Fsp3) is 0.529. The van der Waals surface area contributed by atoms with Crippen LogP contribution in [0.4, 0.5) is 0 Å². The molecule has 1 saturated carbocycles. The molecule has 0 atom stereocenters. The molecule has 1 fully saturated rings. The van der Waals surface area contributed by atoms with Crippen molar-refractivity contribution < 1.29 is 14.3 Å². The fourth-order valence-corrected chi connectivity index (χ4v) is 2.36. The molecule has 5 heteroatoms. The van der Waals surface area contributed by atoms with Crippen LogP contribution < -0.4 is 10.1 Å². The van der Waals surface area contributed by atoms with Crippen LogP contribution in [0.25, 0.3) is 0 Å². The van der Waals surface area contributed by atoms with Crippen LogP contribution in [-0.4, -0.2) is 43.0 Å². The molecule has 0 unspecified atom stereocenters. The maximum atomic E-state index is 11.7. The van der Waals surface area contributed by atoms with E-state index >= 15 is 0 Å². The van der Waals surface area contributed by atoms with Gasteiger partial charge in [0.1, 0.15) is 5.75 Å². The van der Waals surface area contributed by atoms with Gasteiger partial charge in [-0.25, -0.2) is 0 Å². The van der Waals surface area contributed by atoms with Gasteiger partial charge in [-0.15, -0.1) is 0 Å². The first-order valence-corrected chi connectivity index (χ1v) is 7.77. The zero-order chi connectivity index (χ0) is 15.9. The summed E-state index contributed by atoms with van der Waals surface area (Å²) in [6.45, 7) is 2.59. The summed E-state index contributed by atoms with van der Waals surface area (Å²) in [5.41, 5.74) is 1.07.